The molecule has 1 aliphatic rings. The molecule has 46 valence electrons. The number of nitrogens with zero attached hydrogens (tertiary/aromatic N) is 2. The second-order valence-electron chi connectivity index (χ2n) is 2.29. The molecule has 1 aliphatic heterocycles. The van der Waals surface area contributed by atoms with Gasteiger partial charge in [0.15, 0.2) is 6.17 Å². The van der Waals surface area contributed by atoms with E-state index >= 15 is 0 Å². The first-order valence-electron chi connectivity index (χ1n) is 2.57. The lowest BCUT2D eigenvalue weighted by atomic mass is 10.7. The van der Waals surface area contributed by atoms with E-state index in [-0.39, 0.29) is 12.1 Å². The molecular weight excluding hydrogens is 104 g/mol. The van der Waals surface area contributed by atoms with Crippen molar-refractivity contribution in [2.75, 3.05) is 21.1 Å². The van der Waals surface area contributed by atoms with Crippen LogP contribution in [-0.4, -0.2) is 43.0 Å². The lowest BCUT2D eigenvalue weighted by Crippen LogP contribution is -2.18. The van der Waals surface area contributed by atoms with E-state index in [2.05, 4.69) is 0 Å². The van der Waals surface area contributed by atoms with Gasteiger partial charge in [0.05, 0.1) is 0 Å². The summed E-state index contributed by atoms with van der Waals surface area (Å²) in [6.45, 7) is 0. The molecule has 1 amide bonds. The number of rotatable bonds is 1. The van der Waals surface area contributed by atoms with Crippen LogP contribution in [-0.2, 0) is 4.79 Å². The Bertz CT molecular complexity index is 122. The minimum atomic E-state index is 0.0648. The van der Waals surface area contributed by atoms with E-state index in [0.717, 1.165) is 0 Å². The predicted octanol–water partition coefficient (Wildman–Crippen LogP) is -0.654. The zero-order valence-electron chi connectivity index (χ0n) is 5.38. The van der Waals surface area contributed by atoms with Gasteiger partial charge in [-0.15, -0.1) is 0 Å². The quantitative estimate of drug-likeness (QED) is 0.423. The fourth-order valence-electron chi connectivity index (χ4n) is 0.819. The van der Waals surface area contributed by atoms with Gasteiger partial charge in [-0.2, -0.15) is 0 Å². The highest BCUT2D eigenvalue weighted by Crippen LogP contribution is 2.16. The summed E-state index contributed by atoms with van der Waals surface area (Å²) >= 11 is 0. The van der Waals surface area contributed by atoms with Crippen LogP contribution in [0.4, 0.5) is 0 Å². The van der Waals surface area contributed by atoms with Crippen LogP contribution in [0, 0.1) is 0 Å². The molecule has 0 radical (unpaired) electrons. The van der Waals surface area contributed by atoms with Gasteiger partial charge in [0.25, 0.3) is 5.91 Å². The van der Waals surface area contributed by atoms with Crippen molar-refractivity contribution in [1.82, 2.24) is 9.80 Å². The molecule has 0 aromatic carbocycles. The van der Waals surface area contributed by atoms with Gasteiger partial charge in [0, 0.05) is 7.05 Å². The largest absolute Gasteiger partial charge is 0.318 e. The summed E-state index contributed by atoms with van der Waals surface area (Å²) in [5.74, 6) is 0.218. The zero-order chi connectivity index (χ0) is 6.31. The van der Waals surface area contributed by atoms with E-state index in [9.17, 15) is 4.79 Å². The van der Waals surface area contributed by atoms with Gasteiger partial charge >= 0.3 is 0 Å². The summed E-state index contributed by atoms with van der Waals surface area (Å²) in [6, 6.07) is 0. The fraction of sp³-hybridized carbons (Fsp3) is 0.800. The van der Waals surface area contributed by atoms with E-state index in [1.165, 1.54) is 0 Å². The Morgan fingerprint density at radius 3 is 2.00 bits per heavy atom. The third-order valence-corrected chi connectivity index (χ3v) is 1.36. The number of hydrogen-bond acceptors (Lipinski definition) is 2. The van der Waals surface area contributed by atoms with Crippen molar-refractivity contribution in [1.29, 1.82) is 0 Å². The van der Waals surface area contributed by atoms with Gasteiger partial charge in [0.2, 0.25) is 0 Å². The molecule has 1 heterocycles. The molecule has 0 unspecified atom stereocenters. The van der Waals surface area contributed by atoms with Gasteiger partial charge in [-0.25, -0.2) is 0 Å². The molecule has 0 N–H and O–H groups in total. The minimum Gasteiger partial charge on any atom is -0.318 e. The molecule has 1 atom stereocenters. The number of carbonyl (C=O) groups excluding carboxylic acids is 1. The Balaban J connectivity index is 2.44. The standard InChI is InChI=1S/C5H10N2O/c1-6(2)4-5(8)7(4)3/h4H,1-3H3/t4-,7?/m1/s1. The molecule has 1 fully saturated rings. The van der Waals surface area contributed by atoms with E-state index in [1.54, 1.807) is 11.9 Å². The van der Waals surface area contributed by atoms with Crippen molar-refractivity contribution in [3.63, 3.8) is 0 Å². The van der Waals surface area contributed by atoms with Crippen LogP contribution in [0.3, 0.4) is 0 Å². The number of amides is 1. The summed E-state index contributed by atoms with van der Waals surface area (Å²) in [7, 11) is 5.59. The fourth-order valence-corrected chi connectivity index (χ4v) is 0.819. The Labute approximate surface area is 48.9 Å². The van der Waals surface area contributed by atoms with Gasteiger partial charge in [0.1, 0.15) is 0 Å². The molecule has 0 saturated carbocycles. The molecule has 0 bridgehead atoms. The number of carbonyl (C=O) groups is 1. The summed E-state index contributed by atoms with van der Waals surface area (Å²) < 4.78 is 0. The average molecular weight is 114 g/mol. The van der Waals surface area contributed by atoms with E-state index in [4.69, 9.17) is 0 Å². The van der Waals surface area contributed by atoms with Crippen LogP contribution in [0.2, 0.25) is 0 Å². The van der Waals surface area contributed by atoms with Crippen LogP contribution in [0.15, 0.2) is 0 Å². The van der Waals surface area contributed by atoms with Gasteiger partial charge < -0.3 is 4.90 Å². The molecule has 0 aromatic heterocycles. The second-order valence-corrected chi connectivity index (χ2v) is 2.29. The van der Waals surface area contributed by atoms with Crippen molar-refractivity contribution in [2.24, 2.45) is 0 Å². The normalized spacial score (nSPS) is 27.2. The SMILES string of the molecule is CN(C)[C@H]1C(=O)N1C. The van der Waals surface area contributed by atoms with Crippen molar-refractivity contribution < 1.29 is 4.79 Å². The summed E-state index contributed by atoms with van der Waals surface area (Å²) in [6.07, 6.45) is 0.0648. The highest BCUT2D eigenvalue weighted by atomic mass is 16.2. The summed E-state index contributed by atoms with van der Waals surface area (Å²) in [4.78, 5) is 14.1. The first kappa shape index (κ1) is 5.56. The van der Waals surface area contributed by atoms with Gasteiger partial charge in [-0.3, -0.25) is 9.69 Å². The van der Waals surface area contributed by atoms with Crippen LogP contribution < -0.4 is 0 Å². The van der Waals surface area contributed by atoms with Crippen molar-refractivity contribution in [2.45, 2.75) is 6.17 Å². The number of hydrogen-bond donors (Lipinski definition) is 0. The van der Waals surface area contributed by atoms with Crippen LogP contribution in [0.1, 0.15) is 0 Å². The maximum atomic E-state index is 10.5. The monoisotopic (exact) mass is 114 g/mol. The maximum absolute atomic E-state index is 10.5. The topological polar surface area (TPSA) is 23.3 Å². The van der Waals surface area contributed by atoms with Gasteiger partial charge in [-0.1, -0.05) is 0 Å². The second kappa shape index (κ2) is 1.45. The highest BCUT2D eigenvalue weighted by molar-refractivity contribution is 5.95. The van der Waals surface area contributed by atoms with Crippen molar-refractivity contribution >= 4 is 5.91 Å². The molecule has 0 aromatic rings. The first-order chi connectivity index (χ1) is 3.64. The molecular formula is C5H10N2O. The smallest absolute Gasteiger partial charge is 0.262 e. The lowest BCUT2D eigenvalue weighted by molar-refractivity contribution is -0.114. The van der Waals surface area contributed by atoms with Crippen LogP contribution >= 0.6 is 0 Å². The zero-order valence-corrected chi connectivity index (χ0v) is 5.38. The van der Waals surface area contributed by atoms with E-state index in [1.807, 2.05) is 19.0 Å². The molecule has 0 aliphatic carbocycles. The number of likely N-dealkylation sites (N-methyl/N-ethyl adjacent to an activating group) is 2. The molecule has 0 spiro atoms. The highest BCUT2D eigenvalue weighted by Gasteiger charge is 2.43. The maximum Gasteiger partial charge on any atom is 0.262 e. The Morgan fingerprint density at radius 1 is 1.62 bits per heavy atom. The molecule has 8 heavy (non-hydrogen) atoms. The Morgan fingerprint density at radius 2 is 2.00 bits per heavy atom. The van der Waals surface area contributed by atoms with Crippen LogP contribution in [0.25, 0.3) is 0 Å². The molecule has 1 rings (SSSR count). The van der Waals surface area contributed by atoms with E-state index in [0.29, 0.717) is 0 Å². The van der Waals surface area contributed by atoms with Crippen molar-refractivity contribution in [3.05, 3.63) is 0 Å². The van der Waals surface area contributed by atoms with Crippen LogP contribution in [0.5, 0.6) is 0 Å². The first-order valence-corrected chi connectivity index (χ1v) is 2.57. The summed E-state index contributed by atoms with van der Waals surface area (Å²) in [5.41, 5.74) is 0. The minimum absolute atomic E-state index is 0.0648. The van der Waals surface area contributed by atoms with Gasteiger partial charge in [-0.05, 0) is 14.1 Å². The van der Waals surface area contributed by atoms with Crippen molar-refractivity contribution in [3.8, 4) is 0 Å². The molecule has 3 heteroatoms. The molecule has 3 nitrogen and oxygen atoms in total. The lowest BCUT2D eigenvalue weighted by Gasteiger charge is -2.02. The third kappa shape index (κ3) is 0.591. The Hall–Kier alpha value is -0.570. The summed E-state index contributed by atoms with van der Waals surface area (Å²) in [5, 5.41) is 0. The Kier molecular flexibility index (Phi) is 1.01. The average Bonchev–Trinajstić information content (AvgIpc) is 2.15. The molecule has 1 saturated heterocycles. The van der Waals surface area contributed by atoms with E-state index < -0.39 is 0 Å². The predicted molar refractivity (Wildman–Crippen MR) is 30.2 cm³/mol. The third-order valence-electron chi connectivity index (χ3n) is 1.36.